The van der Waals surface area contributed by atoms with Crippen LogP contribution in [0.1, 0.15) is 43.6 Å². The van der Waals surface area contributed by atoms with E-state index in [1.165, 1.54) is 43.0 Å². The molecule has 260 valence electrons. The third kappa shape index (κ3) is 8.30. The minimum atomic E-state index is -0.646. The van der Waals surface area contributed by atoms with Crippen molar-refractivity contribution in [2.75, 3.05) is 12.3 Å². The molecule has 14 nitrogen and oxygen atoms in total. The number of nitrogen functional groups attached to an aromatic ring is 1. The fraction of sp³-hybridized carbons (Fsp3) is 0.152. The number of halogens is 4. The lowest BCUT2D eigenvalue weighted by molar-refractivity contribution is 0.0999. The van der Waals surface area contributed by atoms with E-state index in [9.17, 15) is 31.9 Å². The Morgan fingerprint density at radius 1 is 0.902 bits per heavy atom. The van der Waals surface area contributed by atoms with Crippen molar-refractivity contribution in [3.05, 3.63) is 123 Å². The number of carbonyl (C=O) groups excluding carboxylic acids is 2. The first-order chi connectivity index (χ1) is 24.5. The van der Waals surface area contributed by atoms with E-state index in [-0.39, 0.29) is 53.4 Å². The van der Waals surface area contributed by atoms with Crippen LogP contribution >= 0.6 is 0 Å². The monoisotopic (exact) mass is 701 g/mol. The highest BCUT2D eigenvalue weighted by molar-refractivity contribution is 6.18. The molecule has 1 aliphatic rings. The van der Waals surface area contributed by atoms with Crippen molar-refractivity contribution in [2.24, 2.45) is 24.1 Å². The molecule has 0 radical (unpaired) electrons. The number of hydrogen-bond donors (Lipinski definition) is 2. The van der Waals surface area contributed by atoms with Crippen LogP contribution in [0.5, 0.6) is 0 Å². The number of rotatable bonds is 6. The van der Waals surface area contributed by atoms with Crippen LogP contribution in [0.2, 0.25) is 0 Å². The summed E-state index contributed by atoms with van der Waals surface area (Å²) in [5.74, 6) is -0.566. The van der Waals surface area contributed by atoms with Gasteiger partial charge in [0, 0.05) is 47.9 Å². The summed E-state index contributed by atoms with van der Waals surface area (Å²) in [5, 5.41) is 14.9. The predicted octanol–water partition coefficient (Wildman–Crippen LogP) is 3.81. The second-order valence-corrected chi connectivity index (χ2v) is 10.8. The number of fused-ring (bicyclic) bond motifs is 2. The molecule has 3 aromatic heterocycles. The van der Waals surface area contributed by atoms with E-state index >= 15 is 0 Å². The van der Waals surface area contributed by atoms with E-state index in [2.05, 4.69) is 40.3 Å². The molecule has 0 bridgehead atoms. The highest BCUT2D eigenvalue weighted by Crippen LogP contribution is 2.30. The topological polar surface area (TPSA) is 192 Å². The first kappa shape index (κ1) is 35.6. The summed E-state index contributed by atoms with van der Waals surface area (Å²) < 4.78 is 54.7. The number of aromatic nitrogens is 8. The highest BCUT2D eigenvalue weighted by atomic mass is 19.1. The van der Waals surface area contributed by atoms with Crippen LogP contribution in [0.3, 0.4) is 0 Å². The van der Waals surface area contributed by atoms with Crippen LogP contribution in [0, 0.1) is 17.5 Å². The lowest BCUT2D eigenvalue weighted by Gasteiger charge is -2.18. The SMILES string of the molecule is Cn1ncnc1CC1=NCC(=O)c2cc(F)cc(N=CF)c21.Cn1ncnc1Cc1n[nH]c(=O)c2cc(F)cc(N)c12.O=Cc1ccc(F)cc1. The Labute approximate surface area is 285 Å². The van der Waals surface area contributed by atoms with E-state index in [1.807, 2.05) is 0 Å². The molecule has 51 heavy (non-hydrogen) atoms. The molecule has 0 saturated carbocycles. The number of nitrogens with two attached hydrogens (primary N) is 1. The summed E-state index contributed by atoms with van der Waals surface area (Å²) in [6, 6.07) is 9.88. The average molecular weight is 702 g/mol. The Morgan fingerprint density at radius 3 is 2.16 bits per heavy atom. The molecule has 0 amide bonds. The quantitative estimate of drug-likeness (QED) is 0.112. The molecule has 3 N–H and O–H groups in total. The number of ketones is 1. The number of aromatic amines is 1. The smallest absolute Gasteiger partial charge is 0.272 e. The number of nitrogens with one attached hydrogen (secondary N) is 1. The van der Waals surface area contributed by atoms with Crippen LogP contribution in [0.4, 0.5) is 28.9 Å². The zero-order valence-electron chi connectivity index (χ0n) is 26.9. The molecule has 3 aromatic carbocycles. The molecule has 0 atom stereocenters. The summed E-state index contributed by atoms with van der Waals surface area (Å²) in [6.07, 6.45) is 4.12. The molecule has 0 unspecified atom stereocenters. The van der Waals surface area contributed by atoms with Gasteiger partial charge in [-0.15, -0.1) is 0 Å². The molecule has 0 aliphatic carbocycles. The number of nitrogens with zero attached hydrogens (tertiary/aromatic N) is 9. The fourth-order valence-corrected chi connectivity index (χ4v) is 5.04. The minimum Gasteiger partial charge on any atom is -0.398 e. The standard InChI is InChI=1S/C14H11F2N5O.C12H11FN6O.C7H5FO/c1-21-13(19-7-20-21)4-11-14-9(12(22)5-17-11)2-8(16)3-10(14)18-6-15;1-19-10(15-5-16-19)4-9-11-7(12(20)18-17-9)2-6(13)3-8(11)14;8-7-3-1-6(5-9)2-4-7/h2-3,6-7H,4-5H2,1H3;2-3,5H,4,14H2,1H3,(H,18,20);1-5H. The number of anilines is 1. The Morgan fingerprint density at radius 2 is 1.55 bits per heavy atom. The van der Waals surface area contributed by atoms with Crippen molar-refractivity contribution in [3.8, 4) is 0 Å². The van der Waals surface area contributed by atoms with Crippen molar-refractivity contribution in [2.45, 2.75) is 12.8 Å². The molecule has 1 aliphatic heterocycles. The largest absolute Gasteiger partial charge is 0.398 e. The lowest BCUT2D eigenvalue weighted by Crippen LogP contribution is -2.22. The van der Waals surface area contributed by atoms with Gasteiger partial charge in [0.25, 0.3) is 5.56 Å². The van der Waals surface area contributed by atoms with E-state index in [4.69, 9.17) is 5.73 Å². The van der Waals surface area contributed by atoms with Gasteiger partial charge < -0.3 is 5.73 Å². The zero-order valence-corrected chi connectivity index (χ0v) is 26.9. The number of benzene rings is 3. The van der Waals surface area contributed by atoms with E-state index < -0.39 is 17.2 Å². The molecule has 0 saturated heterocycles. The van der Waals surface area contributed by atoms with Crippen molar-refractivity contribution in [3.63, 3.8) is 0 Å². The predicted molar refractivity (Wildman–Crippen MR) is 178 cm³/mol. The van der Waals surface area contributed by atoms with Crippen molar-refractivity contribution >= 4 is 46.4 Å². The molecule has 7 rings (SSSR count). The summed E-state index contributed by atoms with van der Waals surface area (Å²) in [4.78, 5) is 49.6. The van der Waals surface area contributed by atoms with Gasteiger partial charge in [-0.1, -0.05) is 0 Å². The summed E-state index contributed by atoms with van der Waals surface area (Å²) in [5.41, 5.74) is 7.58. The Hall–Kier alpha value is -6.72. The number of carbonyl (C=O) groups is 2. The van der Waals surface area contributed by atoms with Gasteiger partial charge in [-0.2, -0.15) is 19.7 Å². The zero-order chi connectivity index (χ0) is 36.7. The second kappa shape index (κ2) is 15.7. The molecule has 6 aromatic rings. The van der Waals surface area contributed by atoms with Gasteiger partial charge in [-0.25, -0.2) is 33.2 Å². The van der Waals surface area contributed by atoms with Gasteiger partial charge >= 0.3 is 0 Å². The Bertz CT molecular complexity index is 2350. The third-order valence-corrected chi connectivity index (χ3v) is 7.50. The fourth-order valence-electron chi connectivity index (χ4n) is 5.04. The van der Waals surface area contributed by atoms with Gasteiger partial charge in [0.2, 0.25) is 0 Å². The maximum absolute atomic E-state index is 13.6. The highest BCUT2D eigenvalue weighted by Gasteiger charge is 2.26. The maximum atomic E-state index is 13.6. The van der Waals surface area contributed by atoms with Crippen LogP contribution in [0.25, 0.3) is 10.8 Å². The summed E-state index contributed by atoms with van der Waals surface area (Å²) in [6.45, 7) is -0.0174. The molecular weight excluding hydrogens is 674 g/mol. The number of H-pyrrole nitrogens is 1. The first-order valence-corrected chi connectivity index (χ1v) is 14.8. The summed E-state index contributed by atoms with van der Waals surface area (Å²) in [7, 11) is 3.47. The molecular formula is C33H27F4N11O3. The van der Waals surface area contributed by atoms with Crippen LogP contribution < -0.4 is 11.3 Å². The number of aliphatic imine (C=N–C) groups is 2. The number of hydrogen-bond acceptors (Lipinski definition) is 11. The van der Waals surface area contributed by atoms with Crippen molar-refractivity contribution in [1.82, 2.24) is 39.7 Å². The Balaban J connectivity index is 0.000000161. The van der Waals surface area contributed by atoms with Crippen LogP contribution in [-0.4, -0.2) is 70.5 Å². The van der Waals surface area contributed by atoms with Crippen molar-refractivity contribution in [1.29, 1.82) is 0 Å². The average Bonchev–Trinajstić information content (AvgIpc) is 3.71. The van der Waals surface area contributed by atoms with Gasteiger partial charge in [0.05, 0.1) is 35.3 Å². The minimum absolute atomic E-state index is 0.0338. The molecule has 0 fully saturated rings. The lowest BCUT2D eigenvalue weighted by atomic mass is 9.93. The second-order valence-electron chi connectivity index (χ2n) is 10.8. The first-order valence-electron chi connectivity index (χ1n) is 14.8. The van der Waals surface area contributed by atoms with Gasteiger partial charge in [0.1, 0.15) is 54.6 Å². The van der Waals surface area contributed by atoms with Crippen LogP contribution in [0.15, 0.2) is 76.0 Å². The summed E-state index contributed by atoms with van der Waals surface area (Å²) >= 11 is 0. The van der Waals surface area contributed by atoms with E-state index in [1.54, 1.807) is 23.5 Å². The molecule has 18 heteroatoms. The van der Waals surface area contributed by atoms with Gasteiger partial charge in [-0.3, -0.25) is 28.7 Å². The Kier molecular flexibility index (Phi) is 10.9. The third-order valence-electron chi connectivity index (χ3n) is 7.50. The van der Waals surface area contributed by atoms with E-state index in [0.29, 0.717) is 52.3 Å². The maximum Gasteiger partial charge on any atom is 0.272 e. The van der Waals surface area contributed by atoms with E-state index in [0.717, 1.165) is 18.2 Å². The number of Topliss-reactive ketones (excluding diaryl/α,β-unsaturated/α-hetero) is 1. The number of aldehydes is 1. The van der Waals surface area contributed by atoms with Gasteiger partial charge in [-0.05, 0) is 42.5 Å². The molecule has 4 heterocycles. The van der Waals surface area contributed by atoms with Crippen molar-refractivity contribution < 1.29 is 27.2 Å². The number of aryl methyl sites for hydroxylation is 2. The van der Waals surface area contributed by atoms with Gasteiger partial charge in [0.15, 0.2) is 12.3 Å². The normalized spacial score (nSPS) is 12.1. The van der Waals surface area contributed by atoms with Crippen LogP contribution in [-0.2, 0) is 26.9 Å². The molecule has 0 spiro atoms.